The normalized spacial score (nSPS) is 13.0. The minimum absolute atomic E-state index is 0.210. The van der Waals surface area contributed by atoms with Gasteiger partial charge in [-0.25, -0.2) is 8.78 Å². The van der Waals surface area contributed by atoms with Crippen molar-refractivity contribution in [1.82, 2.24) is 10.6 Å². The summed E-state index contributed by atoms with van der Waals surface area (Å²) in [6.07, 6.45) is 1.29. The van der Waals surface area contributed by atoms with E-state index in [1.165, 1.54) is 35.7 Å². The number of halogens is 2. The molecule has 0 aliphatic heterocycles. The number of benzene rings is 3. The van der Waals surface area contributed by atoms with Gasteiger partial charge in [-0.1, -0.05) is 62.4 Å². The van der Waals surface area contributed by atoms with Crippen LogP contribution in [0.1, 0.15) is 37.5 Å². The zero-order valence-corrected chi connectivity index (χ0v) is 21.4. The fourth-order valence-electron chi connectivity index (χ4n) is 4.32. The summed E-state index contributed by atoms with van der Waals surface area (Å²) in [6, 6.07) is 19.9. The molecule has 3 nitrogen and oxygen atoms in total. The SMILES string of the molecule is CC(=O)NC(Cc1cc(F)cc(F)c1)C(S)CNCc1cc(CC(C)C)ccc1-c1ccccc1. The largest absolute Gasteiger partial charge is 0.352 e. The first-order chi connectivity index (χ1) is 16.7. The maximum absolute atomic E-state index is 13.7. The number of carbonyl (C=O) groups is 1. The zero-order valence-electron chi connectivity index (χ0n) is 20.5. The number of thiol groups is 1. The summed E-state index contributed by atoms with van der Waals surface area (Å²) in [5, 5.41) is 6.10. The van der Waals surface area contributed by atoms with Crippen molar-refractivity contribution in [2.45, 2.75) is 51.4 Å². The molecule has 6 heteroatoms. The Bertz CT molecular complexity index is 1100. The first kappa shape index (κ1) is 26.9. The predicted molar refractivity (Wildman–Crippen MR) is 143 cm³/mol. The van der Waals surface area contributed by atoms with E-state index in [-0.39, 0.29) is 23.6 Å². The predicted octanol–water partition coefficient (Wildman–Crippen LogP) is 5.97. The van der Waals surface area contributed by atoms with Crippen molar-refractivity contribution in [3.05, 3.63) is 95.1 Å². The molecule has 3 aromatic carbocycles. The van der Waals surface area contributed by atoms with Crippen molar-refractivity contribution in [3.63, 3.8) is 0 Å². The minimum atomic E-state index is -0.634. The number of hydrogen-bond donors (Lipinski definition) is 3. The van der Waals surface area contributed by atoms with Gasteiger partial charge >= 0.3 is 0 Å². The van der Waals surface area contributed by atoms with Crippen LogP contribution in [0, 0.1) is 17.6 Å². The molecule has 0 saturated carbocycles. The van der Waals surface area contributed by atoms with E-state index >= 15 is 0 Å². The first-order valence-electron chi connectivity index (χ1n) is 12.0. The third-order valence-corrected chi connectivity index (χ3v) is 6.34. The highest BCUT2D eigenvalue weighted by Gasteiger charge is 2.20. The summed E-state index contributed by atoms with van der Waals surface area (Å²) in [6.45, 7) is 6.99. The quantitative estimate of drug-likeness (QED) is 0.287. The van der Waals surface area contributed by atoms with Crippen LogP contribution >= 0.6 is 12.6 Å². The standard InChI is InChI=1S/C29H34F2N2OS/c1-19(2)11-21-9-10-27(23-7-5-4-6-8-23)24(12-21)17-32-18-29(35)28(33-20(3)34)15-22-13-25(30)16-26(31)14-22/h4-10,12-14,16,19,28-29,32,35H,11,15,17-18H2,1-3H3,(H,33,34). The van der Waals surface area contributed by atoms with Crippen LogP contribution < -0.4 is 10.6 Å². The molecule has 2 unspecified atom stereocenters. The highest BCUT2D eigenvalue weighted by atomic mass is 32.1. The smallest absolute Gasteiger partial charge is 0.217 e. The molecule has 3 rings (SSSR count). The van der Waals surface area contributed by atoms with E-state index in [2.05, 4.69) is 54.8 Å². The second-order valence-electron chi connectivity index (χ2n) is 9.44. The van der Waals surface area contributed by atoms with E-state index in [9.17, 15) is 13.6 Å². The summed E-state index contributed by atoms with van der Waals surface area (Å²) in [5.41, 5.74) is 5.30. The van der Waals surface area contributed by atoms with Gasteiger partial charge in [0.05, 0.1) is 0 Å². The number of carbonyl (C=O) groups excluding carboxylic acids is 1. The Morgan fingerprint density at radius 1 is 0.914 bits per heavy atom. The lowest BCUT2D eigenvalue weighted by atomic mass is 9.94. The van der Waals surface area contributed by atoms with Gasteiger partial charge in [-0.05, 0) is 58.7 Å². The third kappa shape index (κ3) is 8.48. The molecule has 0 bridgehead atoms. The van der Waals surface area contributed by atoms with Gasteiger partial charge in [-0.3, -0.25) is 4.79 Å². The van der Waals surface area contributed by atoms with Crippen LogP contribution in [0.3, 0.4) is 0 Å². The highest BCUT2D eigenvalue weighted by molar-refractivity contribution is 7.81. The van der Waals surface area contributed by atoms with E-state index in [1.807, 2.05) is 18.2 Å². The molecule has 1 amide bonds. The van der Waals surface area contributed by atoms with Crippen molar-refractivity contribution in [1.29, 1.82) is 0 Å². The Labute approximate surface area is 212 Å². The molecule has 0 radical (unpaired) electrons. The molecule has 0 heterocycles. The number of rotatable bonds is 11. The van der Waals surface area contributed by atoms with Gasteiger partial charge in [0.2, 0.25) is 5.91 Å². The molecule has 0 aromatic heterocycles. The van der Waals surface area contributed by atoms with Crippen LogP contribution in [0.4, 0.5) is 8.78 Å². The van der Waals surface area contributed by atoms with Crippen molar-refractivity contribution in [3.8, 4) is 11.1 Å². The van der Waals surface area contributed by atoms with Gasteiger partial charge in [-0.15, -0.1) is 0 Å². The van der Waals surface area contributed by atoms with Crippen LogP contribution in [0.5, 0.6) is 0 Å². The second kappa shape index (κ2) is 12.8. The van der Waals surface area contributed by atoms with Crippen molar-refractivity contribution < 1.29 is 13.6 Å². The molecule has 2 N–H and O–H groups in total. The maximum atomic E-state index is 13.7. The van der Waals surface area contributed by atoms with Crippen LogP contribution in [0.2, 0.25) is 0 Å². The lowest BCUT2D eigenvalue weighted by Crippen LogP contribution is -2.45. The summed E-state index contributed by atoms with van der Waals surface area (Å²) < 4.78 is 27.3. The summed E-state index contributed by atoms with van der Waals surface area (Å²) in [4.78, 5) is 11.8. The molecule has 0 spiro atoms. The third-order valence-electron chi connectivity index (χ3n) is 5.80. The van der Waals surface area contributed by atoms with E-state index in [0.717, 1.165) is 18.1 Å². The zero-order chi connectivity index (χ0) is 25.4. The van der Waals surface area contributed by atoms with Gasteiger partial charge in [0.1, 0.15) is 11.6 Å². The second-order valence-corrected chi connectivity index (χ2v) is 10.1. The lowest BCUT2D eigenvalue weighted by molar-refractivity contribution is -0.119. The Hall–Kier alpha value is -2.70. The van der Waals surface area contributed by atoms with Crippen molar-refractivity contribution in [2.75, 3.05) is 6.54 Å². The Morgan fingerprint density at radius 3 is 2.23 bits per heavy atom. The first-order valence-corrected chi connectivity index (χ1v) is 12.5. The van der Waals surface area contributed by atoms with Gasteiger partial charge < -0.3 is 10.6 Å². The lowest BCUT2D eigenvalue weighted by Gasteiger charge is -2.25. The van der Waals surface area contributed by atoms with Gasteiger partial charge in [-0.2, -0.15) is 12.6 Å². The number of amides is 1. The topological polar surface area (TPSA) is 41.1 Å². The Balaban J connectivity index is 1.73. The molecule has 35 heavy (non-hydrogen) atoms. The average Bonchev–Trinajstić information content (AvgIpc) is 2.78. The minimum Gasteiger partial charge on any atom is -0.352 e. The number of nitrogens with one attached hydrogen (secondary N) is 2. The van der Waals surface area contributed by atoms with Crippen LogP contribution in [-0.4, -0.2) is 23.7 Å². The van der Waals surface area contributed by atoms with Crippen LogP contribution in [0.15, 0.2) is 66.7 Å². The molecule has 0 saturated heterocycles. The van der Waals surface area contributed by atoms with E-state index < -0.39 is 11.6 Å². The fraction of sp³-hybridized carbons (Fsp3) is 0.345. The Morgan fingerprint density at radius 2 is 1.60 bits per heavy atom. The van der Waals surface area contributed by atoms with Gasteiger partial charge in [0, 0.05) is 37.4 Å². The van der Waals surface area contributed by atoms with Crippen LogP contribution in [-0.2, 0) is 24.2 Å². The summed E-state index contributed by atoms with van der Waals surface area (Å²) >= 11 is 4.72. The molecule has 0 aliphatic carbocycles. The van der Waals surface area contributed by atoms with Crippen LogP contribution in [0.25, 0.3) is 11.1 Å². The Kier molecular flexibility index (Phi) is 9.87. The van der Waals surface area contributed by atoms with Crippen molar-refractivity contribution >= 4 is 18.5 Å². The molecular weight excluding hydrogens is 462 g/mol. The summed E-state index contributed by atoms with van der Waals surface area (Å²) in [5.74, 6) is -0.916. The van der Waals surface area contributed by atoms with E-state index in [4.69, 9.17) is 12.6 Å². The maximum Gasteiger partial charge on any atom is 0.217 e. The van der Waals surface area contributed by atoms with Gasteiger partial charge in [0.25, 0.3) is 0 Å². The summed E-state index contributed by atoms with van der Waals surface area (Å²) in [7, 11) is 0. The molecular formula is C29H34F2N2OS. The molecule has 0 aliphatic rings. The molecule has 186 valence electrons. The van der Waals surface area contributed by atoms with Crippen molar-refractivity contribution in [2.24, 2.45) is 5.92 Å². The van der Waals surface area contributed by atoms with E-state index in [1.54, 1.807) is 0 Å². The highest BCUT2D eigenvalue weighted by Crippen LogP contribution is 2.26. The van der Waals surface area contributed by atoms with Gasteiger partial charge in [0.15, 0.2) is 0 Å². The average molecular weight is 497 g/mol. The number of hydrogen-bond acceptors (Lipinski definition) is 3. The fourth-order valence-corrected chi connectivity index (χ4v) is 4.62. The monoisotopic (exact) mass is 496 g/mol. The molecule has 0 fully saturated rings. The van der Waals surface area contributed by atoms with E-state index in [0.29, 0.717) is 24.6 Å². The molecule has 3 aromatic rings. The molecule has 2 atom stereocenters.